The molecule has 204 valence electrons. The second kappa shape index (κ2) is 13.8. The van der Waals surface area contributed by atoms with Crippen LogP contribution in [0.4, 0.5) is 0 Å². The molecule has 2 aliphatic carbocycles. The Balaban J connectivity index is 0.000000341. The summed E-state index contributed by atoms with van der Waals surface area (Å²) in [4.78, 5) is 0. The van der Waals surface area contributed by atoms with E-state index in [1.807, 2.05) is 0 Å². The first-order valence-corrected chi connectivity index (χ1v) is 14.1. The molecular weight excluding hydrogens is 432 g/mol. The van der Waals surface area contributed by atoms with Crippen LogP contribution in [0.5, 0.6) is 0 Å². The van der Waals surface area contributed by atoms with Crippen molar-refractivity contribution in [2.45, 2.75) is 127 Å². The molecule has 2 aromatic carbocycles. The lowest BCUT2D eigenvalue weighted by molar-refractivity contribution is 0.0421. The summed E-state index contributed by atoms with van der Waals surface area (Å²) in [5.41, 5.74) is 6.04. The van der Waals surface area contributed by atoms with Crippen LogP contribution in [0.15, 0.2) is 48.5 Å². The average molecular weight is 493 g/mol. The molecule has 0 heterocycles. The third kappa shape index (κ3) is 8.22. The minimum absolute atomic E-state index is 0. The molecule has 0 saturated heterocycles. The van der Waals surface area contributed by atoms with Gasteiger partial charge in [-0.2, -0.15) is 0 Å². The fourth-order valence-corrected chi connectivity index (χ4v) is 6.45. The van der Waals surface area contributed by atoms with Crippen LogP contribution in [-0.4, -0.2) is 0 Å². The molecule has 2 saturated carbocycles. The van der Waals surface area contributed by atoms with Gasteiger partial charge in [-0.15, -0.1) is 0 Å². The molecule has 0 aromatic heterocycles. The van der Waals surface area contributed by atoms with Crippen molar-refractivity contribution in [1.29, 1.82) is 0 Å². The van der Waals surface area contributed by atoms with Gasteiger partial charge in [0, 0.05) is 5.41 Å². The summed E-state index contributed by atoms with van der Waals surface area (Å²) < 4.78 is 0. The molecule has 0 radical (unpaired) electrons. The van der Waals surface area contributed by atoms with Gasteiger partial charge in [-0.05, 0) is 79.7 Å². The van der Waals surface area contributed by atoms with E-state index in [1.165, 1.54) is 73.6 Å². The molecular formula is C36H60. The fourth-order valence-electron chi connectivity index (χ4n) is 6.45. The minimum atomic E-state index is 0. The summed E-state index contributed by atoms with van der Waals surface area (Å²) in [6.45, 7) is 18.8. The van der Waals surface area contributed by atoms with E-state index in [0.29, 0.717) is 5.41 Å². The second-order valence-electron chi connectivity index (χ2n) is 13.1. The number of aryl methyl sites for hydroxylation is 2. The van der Waals surface area contributed by atoms with E-state index in [2.05, 4.69) is 104 Å². The normalized spacial score (nSPS) is 24.4. The van der Waals surface area contributed by atoms with Crippen LogP contribution in [-0.2, 0) is 5.41 Å². The summed E-state index contributed by atoms with van der Waals surface area (Å²) in [6, 6.07) is 17.7. The summed E-state index contributed by atoms with van der Waals surface area (Å²) in [5, 5.41) is 0. The van der Waals surface area contributed by atoms with Gasteiger partial charge < -0.3 is 0 Å². The first kappa shape index (κ1) is 32.5. The molecule has 2 fully saturated rings. The van der Waals surface area contributed by atoms with Gasteiger partial charge in [0.05, 0.1) is 0 Å². The molecule has 2 aliphatic rings. The Morgan fingerprint density at radius 2 is 0.778 bits per heavy atom. The van der Waals surface area contributed by atoms with Crippen molar-refractivity contribution >= 4 is 0 Å². The first-order valence-electron chi connectivity index (χ1n) is 14.1. The Morgan fingerprint density at radius 1 is 0.500 bits per heavy atom. The SMILES string of the molecule is C.C.CC1CCC(C(C)(C)C2CCC(C)CC2)CC1.Cc1ccc(C(C)(C)c2ccc(C)cc2)cc1. The van der Waals surface area contributed by atoms with Crippen molar-refractivity contribution in [3.63, 3.8) is 0 Å². The Labute approximate surface area is 226 Å². The molecule has 0 unspecified atom stereocenters. The van der Waals surface area contributed by atoms with Crippen LogP contribution in [0.1, 0.15) is 130 Å². The zero-order chi connectivity index (χ0) is 24.9. The molecule has 4 rings (SSSR count). The first-order chi connectivity index (χ1) is 16.0. The number of benzene rings is 2. The number of hydrogen-bond acceptors (Lipinski definition) is 0. The van der Waals surface area contributed by atoms with E-state index in [9.17, 15) is 0 Å². The number of hydrogen-bond donors (Lipinski definition) is 0. The summed E-state index contributed by atoms with van der Waals surface area (Å²) in [7, 11) is 0. The van der Waals surface area contributed by atoms with E-state index in [0.717, 1.165) is 23.7 Å². The smallest absolute Gasteiger partial charge is 0.0146 e. The van der Waals surface area contributed by atoms with E-state index >= 15 is 0 Å². The molecule has 0 bridgehead atoms. The van der Waals surface area contributed by atoms with Crippen LogP contribution in [0.3, 0.4) is 0 Å². The summed E-state index contributed by atoms with van der Waals surface area (Å²) in [5.74, 6) is 4.01. The van der Waals surface area contributed by atoms with Gasteiger partial charge in [0.15, 0.2) is 0 Å². The van der Waals surface area contributed by atoms with Gasteiger partial charge in [0.1, 0.15) is 0 Å². The van der Waals surface area contributed by atoms with Gasteiger partial charge in [-0.1, -0.05) is 142 Å². The Hall–Kier alpha value is -1.56. The molecule has 0 aliphatic heterocycles. The predicted molar refractivity (Wildman–Crippen MR) is 164 cm³/mol. The minimum Gasteiger partial charge on any atom is -0.0776 e. The van der Waals surface area contributed by atoms with E-state index < -0.39 is 0 Å². The van der Waals surface area contributed by atoms with Crippen molar-refractivity contribution in [2.24, 2.45) is 29.1 Å². The molecule has 0 spiro atoms. The van der Waals surface area contributed by atoms with Crippen LogP contribution in [0.25, 0.3) is 0 Å². The van der Waals surface area contributed by atoms with E-state index in [-0.39, 0.29) is 20.3 Å². The molecule has 0 nitrogen and oxygen atoms in total. The molecule has 0 atom stereocenters. The van der Waals surface area contributed by atoms with Gasteiger partial charge in [-0.3, -0.25) is 0 Å². The fraction of sp³-hybridized carbons (Fsp3) is 0.667. The molecule has 2 aromatic rings. The van der Waals surface area contributed by atoms with Crippen LogP contribution >= 0.6 is 0 Å². The van der Waals surface area contributed by atoms with Gasteiger partial charge in [-0.25, -0.2) is 0 Å². The lowest BCUT2D eigenvalue weighted by atomic mass is 9.59. The van der Waals surface area contributed by atoms with Gasteiger partial charge >= 0.3 is 0 Å². The zero-order valence-electron chi connectivity index (χ0n) is 23.6. The van der Waals surface area contributed by atoms with E-state index in [1.54, 1.807) is 0 Å². The maximum Gasteiger partial charge on any atom is 0.0146 e. The largest absolute Gasteiger partial charge is 0.0776 e. The van der Waals surface area contributed by atoms with Crippen LogP contribution in [0, 0.1) is 42.9 Å². The zero-order valence-corrected chi connectivity index (χ0v) is 23.6. The Morgan fingerprint density at radius 3 is 1.06 bits per heavy atom. The third-order valence-corrected chi connectivity index (χ3v) is 9.68. The highest BCUT2D eigenvalue weighted by atomic mass is 14.4. The molecule has 0 amide bonds. The van der Waals surface area contributed by atoms with Crippen molar-refractivity contribution in [3.05, 3.63) is 70.8 Å². The summed E-state index contributed by atoms with van der Waals surface area (Å²) in [6.07, 6.45) is 11.9. The van der Waals surface area contributed by atoms with Crippen molar-refractivity contribution in [2.75, 3.05) is 0 Å². The topological polar surface area (TPSA) is 0 Å². The van der Waals surface area contributed by atoms with Crippen LogP contribution < -0.4 is 0 Å². The lowest BCUT2D eigenvalue weighted by Crippen LogP contribution is -2.36. The van der Waals surface area contributed by atoms with Crippen molar-refractivity contribution < 1.29 is 0 Å². The molecule has 36 heavy (non-hydrogen) atoms. The quantitative estimate of drug-likeness (QED) is 0.398. The Bertz CT molecular complexity index is 780. The van der Waals surface area contributed by atoms with Crippen molar-refractivity contribution in [1.82, 2.24) is 0 Å². The Kier molecular flexibility index (Phi) is 12.5. The van der Waals surface area contributed by atoms with Crippen molar-refractivity contribution in [3.8, 4) is 0 Å². The van der Waals surface area contributed by atoms with Crippen LogP contribution in [0.2, 0.25) is 0 Å². The highest BCUT2D eigenvalue weighted by Crippen LogP contribution is 2.49. The average Bonchev–Trinajstić information content (AvgIpc) is 2.81. The highest BCUT2D eigenvalue weighted by Gasteiger charge is 2.39. The predicted octanol–water partition coefficient (Wildman–Crippen LogP) is 11.6. The monoisotopic (exact) mass is 492 g/mol. The molecule has 0 heteroatoms. The molecule has 0 N–H and O–H groups in total. The van der Waals surface area contributed by atoms with E-state index in [4.69, 9.17) is 0 Å². The maximum absolute atomic E-state index is 2.58. The van der Waals surface area contributed by atoms with Gasteiger partial charge in [0.2, 0.25) is 0 Å². The van der Waals surface area contributed by atoms with Gasteiger partial charge in [0.25, 0.3) is 0 Å². The third-order valence-electron chi connectivity index (χ3n) is 9.68. The summed E-state index contributed by atoms with van der Waals surface area (Å²) >= 11 is 0. The standard InChI is InChI=1S/C17H32.C17H20.2CH4/c2*1-13-5-9-15(10-6-13)17(3,4)16-11-7-14(2)8-12-16;;/h13-16H,5-12H2,1-4H3;5-12H,1-4H3;2*1H4. The highest BCUT2D eigenvalue weighted by molar-refractivity contribution is 5.39. The number of rotatable bonds is 4. The lowest BCUT2D eigenvalue weighted by Gasteiger charge is -2.46. The maximum atomic E-state index is 2.58. The second-order valence-corrected chi connectivity index (χ2v) is 13.1.